The van der Waals surface area contributed by atoms with Gasteiger partial charge in [0.1, 0.15) is 12.4 Å². The minimum Gasteiger partial charge on any atom is -0.409 e. The topological polar surface area (TPSA) is 96.9 Å². The van der Waals surface area contributed by atoms with E-state index < -0.39 is 11.7 Å². The molecule has 0 fully saturated rings. The highest BCUT2D eigenvalue weighted by Gasteiger charge is 2.11. The molecule has 0 saturated heterocycles. The first kappa shape index (κ1) is 13.9. The van der Waals surface area contributed by atoms with Crippen LogP contribution in [0.15, 0.2) is 23.4 Å². The normalized spacial score (nSPS) is 11.3. The minimum absolute atomic E-state index is 0.0994. The highest BCUT2D eigenvalue weighted by atomic mass is 19.1. The van der Waals surface area contributed by atoms with Gasteiger partial charge in [0.25, 0.3) is 0 Å². The van der Waals surface area contributed by atoms with E-state index in [2.05, 4.69) is 10.5 Å². The summed E-state index contributed by atoms with van der Waals surface area (Å²) in [6.45, 7) is 2.04. The molecule has 0 aliphatic rings. The molecule has 4 N–H and O–H groups in total. The van der Waals surface area contributed by atoms with Crippen LogP contribution in [0.2, 0.25) is 0 Å². The molecule has 1 aromatic carbocycles. The second kappa shape index (κ2) is 6.55. The zero-order valence-corrected chi connectivity index (χ0v) is 9.81. The van der Waals surface area contributed by atoms with Gasteiger partial charge in [-0.15, -0.1) is 0 Å². The van der Waals surface area contributed by atoms with Crippen molar-refractivity contribution in [1.29, 1.82) is 0 Å². The molecule has 7 heteroatoms. The van der Waals surface area contributed by atoms with Gasteiger partial charge in [-0.2, -0.15) is 0 Å². The third-order valence-electron chi connectivity index (χ3n) is 2.08. The first-order chi connectivity index (χ1) is 8.58. The van der Waals surface area contributed by atoms with Crippen LogP contribution in [0.3, 0.4) is 0 Å². The van der Waals surface area contributed by atoms with E-state index in [0.717, 1.165) is 12.1 Å². The van der Waals surface area contributed by atoms with Crippen LogP contribution in [0.5, 0.6) is 0 Å². The molecule has 0 saturated carbocycles. The van der Waals surface area contributed by atoms with Crippen LogP contribution in [-0.4, -0.2) is 30.2 Å². The Balaban J connectivity index is 2.91. The quantitative estimate of drug-likeness (QED) is 0.315. The third-order valence-corrected chi connectivity index (χ3v) is 2.08. The SMILES string of the molecule is CCOCC(=O)Nc1ccc(F)cc1/C(N)=N/O. The molecule has 1 rings (SSSR count). The van der Waals surface area contributed by atoms with Gasteiger partial charge >= 0.3 is 0 Å². The molecular formula is C11H14FN3O3. The van der Waals surface area contributed by atoms with E-state index >= 15 is 0 Å². The first-order valence-corrected chi connectivity index (χ1v) is 5.23. The summed E-state index contributed by atoms with van der Waals surface area (Å²) in [6, 6.07) is 3.54. The molecule has 0 unspecified atom stereocenters. The molecule has 0 atom stereocenters. The number of rotatable bonds is 5. The van der Waals surface area contributed by atoms with Gasteiger partial charge in [-0.1, -0.05) is 5.16 Å². The fraction of sp³-hybridized carbons (Fsp3) is 0.273. The van der Waals surface area contributed by atoms with E-state index in [0.29, 0.717) is 6.61 Å². The Kier molecular flexibility index (Phi) is 5.06. The number of hydrogen-bond donors (Lipinski definition) is 3. The van der Waals surface area contributed by atoms with Crippen molar-refractivity contribution >= 4 is 17.4 Å². The van der Waals surface area contributed by atoms with Gasteiger partial charge in [0, 0.05) is 12.2 Å². The lowest BCUT2D eigenvalue weighted by Crippen LogP contribution is -2.22. The van der Waals surface area contributed by atoms with Crippen LogP contribution in [0.4, 0.5) is 10.1 Å². The summed E-state index contributed by atoms with van der Waals surface area (Å²) >= 11 is 0. The molecular weight excluding hydrogens is 241 g/mol. The van der Waals surface area contributed by atoms with Crippen molar-refractivity contribution in [2.75, 3.05) is 18.5 Å². The number of benzene rings is 1. The Morgan fingerprint density at radius 3 is 2.94 bits per heavy atom. The zero-order chi connectivity index (χ0) is 13.5. The fourth-order valence-corrected chi connectivity index (χ4v) is 1.27. The van der Waals surface area contributed by atoms with E-state index in [9.17, 15) is 9.18 Å². The Hall–Kier alpha value is -2.15. The Bertz CT molecular complexity index is 463. The first-order valence-electron chi connectivity index (χ1n) is 5.23. The second-order valence-electron chi connectivity index (χ2n) is 3.36. The summed E-state index contributed by atoms with van der Waals surface area (Å²) < 4.78 is 18.0. The number of oxime groups is 1. The number of ether oxygens (including phenoxy) is 1. The van der Waals surface area contributed by atoms with E-state index in [4.69, 9.17) is 15.7 Å². The number of amidine groups is 1. The Labute approximate surface area is 103 Å². The molecule has 0 spiro atoms. The maximum atomic E-state index is 13.1. The van der Waals surface area contributed by atoms with E-state index in [1.807, 2.05) is 0 Å². The summed E-state index contributed by atoms with van der Waals surface area (Å²) in [6.07, 6.45) is 0. The molecule has 0 aliphatic heterocycles. The van der Waals surface area contributed by atoms with Crippen molar-refractivity contribution in [2.45, 2.75) is 6.92 Å². The number of carbonyl (C=O) groups excluding carboxylic acids is 1. The number of anilines is 1. The summed E-state index contributed by atoms with van der Waals surface area (Å²) in [5.74, 6) is -1.25. The molecule has 6 nitrogen and oxygen atoms in total. The lowest BCUT2D eigenvalue weighted by Gasteiger charge is -2.10. The molecule has 0 heterocycles. The van der Waals surface area contributed by atoms with Crippen molar-refractivity contribution in [2.24, 2.45) is 10.9 Å². The van der Waals surface area contributed by atoms with Crippen LogP contribution in [0.25, 0.3) is 0 Å². The summed E-state index contributed by atoms with van der Waals surface area (Å²) in [5, 5.41) is 13.8. The number of hydrogen-bond acceptors (Lipinski definition) is 4. The van der Waals surface area contributed by atoms with Crippen LogP contribution in [0, 0.1) is 5.82 Å². The number of nitrogens with two attached hydrogens (primary N) is 1. The summed E-state index contributed by atoms with van der Waals surface area (Å²) in [7, 11) is 0. The summed E-state index contributed by atoms with van der Waals surface area (Å²) in [5.41, 5.74) is 5.74. The zero-order valence-electron chi connectivity index (χ0n) is 9.81. The number of nitrogens with one attached hydrogen (secondary N) is 1. The standard InChI is InChI=1S/C11H14FN3O3/c1-2-18-6-10(16)14-9-4-3-7(12)5-8(9)11(13)15-17/h3-5,17H,2,6H2,1H3,(H2,13,15)(H,14,16). The van der Waals surface area contributed by atoms with E-state index in [1.54, 1.807) is 6.92 Å². The Morgan fingerprint density at radius 2 is 2.33 bits per heavy atom. The van der Waals surface area contributed by atoms with Gasteiger partial charge in [-0.3, -0.25) is 4.79 Å². The molecule has 98 valence electrons. The number of carbonyl (C=O) groups is 1. The molecule has 0 radical (unpaired) electrons. The summed E-state index contributed by atoms with van der Waals surface area (Å²) in [4.78, 5) is 11.4. The average molecular weight is 255 g/mol. The minimum atomic E-state index is -0.556. The van der Waals surface area contributed by atoms with E-state index in [1.165, 1.54) is 6.07 Å². The van der Waals surface area contributed by atoms with Gasteiger partial charge < -0.3 is 21.0 Å². The predicted molar refractivity (Wildman–Crippen MR) is 64.0 cm³/mol. The number of nitrogens with zero attached hydrogens (tertiary/aromatic N) is 1. The van der Waals surface area contributed by atoms with Crippen LogP contribution in [0.1, 0.15) is 12.5 Å². The monoisotopic (exact) mass is 255 g/mol. The maximum absolute atomic E-state index is 13.1. The fourth-order valence-electron chi connectivity index (χ4n) is 1.27. The molecule has 18 heavy (non-hydrogen) atoms. The number of amides is 1. The van der Waals surface area contributed by atoms with Gasteiger partial charge in [0.15, 0.2) is 5.84 Å². The second-order valence-corrected chi connectivity index (χ2v) is 3.36. The van der Waals surface area contributed by atoms with Crippen molar-refractivity contribution in [1.82, 2.24) is 0 Å². The van der Waals surface area contributed by atoms with Gasteiger partial charge in [-0.25, -0.2) is 4.39 Å². The smallest absolute Gasteiger partial charge is 0.250 e. The van der Waals surface area contributed by atoms with Crippen LogP contribution >= 0.6 is 0 Å². The van der Waals surface area contributed by atoms with Crippen LogP contribution in [-0.2, 0) is 9.53 Å². The van der Waals surface area contributed by atoms with Crippen molar-refractivity contribution in [3.8, 4) is 0 Å². The molecule has 1 amide bonds. The highest BCUT2D eigenvalue weighted by Crippen LogP contribution is 2.16. The molecule has 0 aromatic heterocycles. The van der Waals surface area contributed by atoms with Gasteiger partial charge in [-0.05, 0) is 25.1 Å². The third kappa shape index (κ3) is 3.70. The largest absolute Gasteiger partial charge is 0.409 e. The highest BCUT2D eigenvalue weighted by molar-refractivity contribution is 6.05. The lowest BCUT2D eigenvalue weighted by molar-refractivity contribution is -0.120. The van der Waals surface area contributed by atoms with Crippen molar-refractivity contribution in [3.05, 3.63) is 29.6 Å². The predicted octanol–water partition coefficient (Wildman–Crippen LogP) is 0.895. The van der Waals surface area contributed by atoms with E-state index in [-0.39, 0.29) is 23.7 Å². The van der Waals surface area contributed by atoms with Gasteiger partial charge in [0.2, 0.25) is 5.91 Å². The molecule has 0 bridgehead atoms. The lowest BCUT2D eigenvalue weighted by atomic mass is 10.1. The van der Waals surface area contributed by atoms with Crippen molar-refractivity contribution in [3.63, 3.8) is 0 Å². The van der Waals surface area contributed by atoms with Crippen molar-refractivity contribution < 1.29 is 19.1 Å². The molecule has 0 aliphatic carbocycles. The average Bonchev–Trinajstić information content (AvgIpc) is 2.37. The number of halogens is 1. The maximum Gasteiger partial charge on any atom is 0.250 e. The van der Waals surface area contributed by atoms with Gasteiger partial charge in [0.05, 0.1) is 5.69 Å². The molecule has 1 aromatic rings. The Morgan fingerprint density at radius 1 is 1.61 bits per heavy atom. The van der Waals surface area contributed by atoms with Crippen LogP contribution < -0.4 is 11.1 Å².